The van der Waals surface area contributed by atoms with E-state index >= 15 is 0 Å². The zero-order valence-electron chi connectivity index (χ0n) is 18.2. The van der Waals surface area contributed by atoms with E-state index < -0.39 is 0 Å². The highest BCUT2D eigenvalue weighted by Crippen LogP contribution is 2.43. The summed E-state index contributed by atoms with van der Waals surface area (Å²) in [6.45, 7) is 9.82. The summed E-state index contributed by atoms with van der Waals surface area (Å²) in [6, 6.07) is 13.0. The predicted octanol–water partition coefficient (Wildman–Crippen LogP) is 5.69. The van der Waals surface area contributed by atoms with E-state index in [4.69, 9.17) is 5.73 Å². The average Bonchev–Trinajstić information content (AvgIpc) is 3.25. The molecule has 1 unspecified atom stereocenters. The molecule has 0 aliphatic heterocycles. The van der Waals surface area contributed by atoms with Gasteiger partial charge in [-0.25, -0.2) is 9.97 Å². The maximum atomic E-state index is 5.98. The fourth-order valence-electron chi connectivity index (χ4n) is 3.82. The number of nitrogens with zero attached hydrogens (tertiary/aromatic N) is 4. The van der Waals surface area contributed by atoms with Crippen LogP contribution in [0.1, 0.15) is 45.2 Å². The Morgan fingerprint density at radius 2 is 1.67 bits per heavy atom. The zero-order valence-corrected chi connectivity index (χ0v) is 19.9. The van der Waals surface area contributed by atoms with Gasteiger partial charge in [-0.1, -0.05) is 43.7 Å². The largest absolute Gasteiger partial charge is 0.369 e. The second-order valence-electron chi connectivity index (χ2n) is 9.20. The lowest BCUT2D eigenvalue weighted by Gasteiger charge is -2.28. The Hall–Kier alpha value is -2.12. The number of aryl methyl sites for hydroxylation is 2. The Bertz CT molecular complexity index is 1220. The lowest BCUT2D eigenvalue weighted by molar-refractivity contribution is 0.549. The number of thiol groups is 1. The van der Waals surface area contributed by atoms with Crippen LogP contribution in [0.15, 0.2) is 42.7 Å². The molecule has 4 aromatic rings. The number of nitrogens with two attached hydrogens (primary N) is 1. The number of hydrogen-bond acceptors (Lipinski definition) is 5. The van der Waals surface area contributed by atoms with Crippen LogP contribution in [0.25, 0.3) is 22.1 Å². The number of fused-ring (bicyclic) bond motifs is 2. The number of aromatic nitrogens is 4. The first-order valence-electron chi connectivity index (χ1n) is 10.1. The first kappa shape index (κ1) is 21.1. The maximum Gasteiger partial charge on any atom is 0.200 e. The number of benzene rings is 2. The molecule has 0 fully saturated rings. The molecule has 7 heteroatoms. The van der Waals surface area contributed by atoms with Gasteiger partial charge in [0.1, 0.15) is 0 Å². The van der Waals surface area contributed by atoms with Gasteiger partial charge in [-0.3, -0.25) is 0 Å². The fraction of sp³-hybridized carbons (Fsp3) is 0.391. The van der Waals surface area contributed by atoms with Crippen LogP contribution >= 0.6 is 22.5 Å². The molecule has 158 valence electrons. The Labute approximate surface area is 186 Å². The van der Waals surface area contributed by atoms with Crippen molar-refractivity contribution in [2.24, 2.45) is 7.05 Å². The van der Waals surface area contributed by atoms with Gasteiger partial charge in [-0.05, 0) is 54.2 Å². The van der Waals surface area contributed by atoms with E-state index in [0.29, 0.717) is 5.95 Å². The van der Waals surface area contributed by atoms with Crippen LogP contribution in [-0.4, -0.2) is 19.1 Å². The third-order valence-corrected chi connectivity index (χ3v) is 8.10. The lowest BCUT2D eigenvalue weighted by Crippen LogP contribution is -2.19. The number of imidazole rings is 2. The van der Waals surface area contributed by atoms with E-state index in [9.17, 15) is 0 Å². The minimum atomic E-state index is -0.158. The number of hydrogen-bond donors (Lipinski definition) is 2. The molecule has 0 saturated heterocycles. The van der Waals surface area contributed by atoms with Crippen LogP contribution in [0.2, 0.25) is 0 Å². The minimum absolute atomic E-state index is 0.110. The lowest BCUT2D eigenvalue weighted by atomic mass is 9.87. The molecule has 2 aromatic heterocycles. The van der Waals surface area contributed by atoms with Crippen molar-refractivity contribution in [1.82, 2.24) is 19.1 Å². The molecule has 2 aromatic carbocycles. The third-order valence-electron chi connectivity index (χ3n) is 6.04. The van der Waals surface area contributed by atoms with Crippen molar-refractivity contribution in [2.45, 2.75) is 50.8 Å². The molecule has 0 spiro atoms. The highest BCUT2D eigenvalue weighted by atomic mass is 33.1. The maximum absolute atomic E-state index is 5.98. The van der Waals surface area contributed by atoms with Crippen molar-refractivity contribution >= 4 is 50.5 Å². The van der Waals surface area contributed by atoms with Crippen molar-refractivity contribution in [3.05, 3.63) is 53.9 Å². The van der Waals surface area contributed by atoms with Gasteiger partial charge in [-0.15, -0.1) is 11.7 Å². The van der Waals surface area contributed by atoms with Crippen molar-refractivity contribution in [1.29, 1.82) is 0 Å². The van der Waals surface area contributed by atoms with Gasteiger partial charge in [0.2, 0.25) is 5.95 Å². The summed E-state index contributed by atoms with van der Waals surface area (Å²) < 4.78 is 4.03. The topological polar surface area (TPSA) is 61.7 Å². The standard InChI is InChI=1S/C23H29N5S2/c1-22(2,3)15-6-8-17-20(12-15)28(14-25-17)11-10-23(4,30-29)16-7-9-18-19(13-16)27(5)21(24)26-18/h6-9,12-14,29H,10-11H2,1-5H3,(H2,24,26). The molecule has 4 rings (SSSR count). The summed E-state index contributed by atoms with van der Waals surface area (Å²) in [6.07, 6.45) is 2.87. The Morgan fingerprint density at radius 1 is 1.00 bits per heavy atom. The average molecular weight is 440 g/mol. The summed E-state index contributed by atoms with van der Waals surface area (Å²) in [5, 5.41) is 0. The fourth-order valence-corrected chi connectivity index (χ4v) is 4.82. The van der Waals surface area contributed by atoms with Crippen molar-refractivity contribution in [3.8, 4) is 0 Å². The summed E-state index contributed by atoms with van der Waals surface area (Å²) in [5.74, 6) is 0.530. The molecule has 1 atom stereocenters. The zero-order chi connectivity index (χ0) is 21.7. The number of rotatable bonds is 5. The van der Waals surface area contributed by atoms with E-state index in [0.717, 1.165) is 29.5 Å². The first-order valence-corrected chi connectivity index (χ1v) is 12.0. The first-order chi connectivity index (χ1) is 14.1. The van der Waals surface area contributed by atoms with Crippen LogP contribution in [0.3, 0.4) is 0 Å². The molecule has 0 bridgehead atoms. The smallest absolute Gasteiger partial charge is 0.200 e. The van der Waals surface area contributed by atoms with Crippen molar-refractivity contribution in [2.75, 3.05) is 5.73 Å². The van der Waals surface area contributed by atoms with Crippen LogP contribution in [0.5, 0.6) is 0 Å². The number of anilines is 1. The highest BCUT2D eigenvalue weighted by molar-refractivity contribution is 8.69. The van der Waals surface area contributed by atoms with E-state index in [2.05, 4.69) is 84.2 Å². The van der Waals surface area contributed by atoms with Crippen molar-refractivity contribution in [3.63, 3.8) is 0 Å². The molecular formula is C23H29N5S2. The molecule has 0 aliphatic carbocycles. The molecular weight excluding hydrogens is 410 g/mol. The Morgan fingerprint density at radius 3 is 2.37 bits per heavy atom. The second-order valence-corrected chi connectivity index (χ2v) is 10.8. The molecule has 2 N–H and O–H groups in total. The van der Waals surface area contributed by atoms with Gasteiger partial charge in [0.25, 0.3) is 0 Å². The normalized spacial score (nSPS) is 14.5. The molecule has 0 amide bonds. The van der Waals surface area contributed by atoms with Crippen LogP contribution < -0.4 is 5.73 Å². The Balaban J connectivity index is 1.65. The van der Waals surface area contributed by atoms with E-state index in [-0.39, 0.29) is 10.2 Å². The minimum Gasteiger partial charge on any atom is -0.369 e. The van der Waals surface area contributed by atoms with E-state index in [1.165, 1.54) is 16.6 Å². The van der Waals surface area contributed by atoms with Gasteiger partial charge in [0, 0.05) is 18.3 Å². The monoisotopic (exact) mass is 439 g/mol. The SMILES string of the molecule is Cn1c(N)nc2ccc(C(C)(CCn3cnc4ccc(C(C)(C)C)cc43)SS)cc21. The number of nitrogen functional groups attached to an aromatic ring is 1. The summed E-state index contributed by atoms with van der Waals surface area (Å²) in [4.78, 5) is 9.02. The van der Waals surface area contributed by atoms with Crippen LogP contribution in [0.4, 0.5) is 5.95 Å². The molecule has 0 saturated carbocycles. The molecule has 0 aliphatic rings. The second kappa shape index (κ2) is 7.54. The molecule has 30 heavy (non-hydrogen) atoms. The van der Waals surface area contributed by atoms with Crippen LogP contribution in [-0.2, 0) is 23.8 Å². The van der Waals surface area contributed by atoms with Gasteiger partial charge >= 0.3 is 0 Å². The molecule has 2 heterocycles. The van der Waals surface area contributed by atoms with Gasteiger partial charge in [0.05, 0.1) is 28.4 Å². The third kappa shape index (κ3) is 3.69. The molecule has 0 radical (unpaired) electrons. The van der Waals surface area contributed by atoms with E-state index in [1.807, 2.05) is 24.0 Å². The quantitative estimate of drug-likeness (QED) is 0.310. The van der Waals surface area contributed by atoms with Gasteiger partial charge in [0.15, 0.2) is 0 Å². The van der Waals surface area contributed by atoms with Crippen molar-refractivity contribution < 1.29 is 0 Å². The summed E-state index contributed by atoms with van der Waals surface area (Å²) in [5.41, 5.74) is 12.8. The summed E-state index contributed by atoms with van der Waals surface area (Å²) >= 11 is 4.64. The molecule has 5 nitrogen and oxygen atoms in total. The summed E-state index contributed by atoms with van der Waals surface area (Å²) in [7, 11) is 3.53. The Kier molecular flexibility index (Phi) is 5.31. The van der Waals surface area contributed by atoms with E-state index in [1.54, 1.807) is 10.8 Å². The predicted molar refractivity (Wildman–Crippen MR) is 132 cm³/mol. The van der Waals surface area contributed by atoms with Crippen LogP contribution in [0, 0.1) is 0 Å². The van der Waals surface area contributed by atoms with Gasteiger partial charge in [-0.2, -0.15) is 0 Å². The highest BCUT2D eigenvalue weighted by Gasteiger charge is 2.27. The van der Waals surface area contributed by atoms with Gasteiger partial charge < -0.3 is 14.9 Å².